The van der Waals surface area contributed by atoms with Gasteiger partial charge in [-0.3, -0.25) is 0 Å². The Bertz CT molecular complexity index is 812. The highest BCUT2D eigenvalue weighted by molar-refractivity contribution is 5.87. The molecule has 0 aliphatic heterocycles. The first-order valence-electron chi connectivity index (χ1n) is 7.95. The van der Waals surface area contributed by atoms with Gasteiger partial charge in [0.05, 0.1) is 6.26 Å². The molecular formula is C19H19NO. The first-order chi connectivity index (χ1) is 10.3. The second-order valence-electron chi connectivity index (χ2n) is 6.64. The number of nitrogens with zero attached hydrogens (tertiary/aromatic N) is 1. The van der Waals surface area contributed by atoms with Gasteiger partial charge in [0.1, 0.15) is 5.76 Å². The fourth-order valence-electron chi connectivity index (χ4n) is 4.91. The quantitative estimate of drug-likeness (QED) is 0.625. The van der Waals surface area contributed by atoms with Crippen molar-refractivity contribution in [1.29, 1.82) is 0 Å². The second kappa shape index (κ2) is 4.03. The molecule has 106 valence electrons. The van der Waals surface area contributed by atoms with Crippen LogP contribution in [0.15, 0.2) is 47.1 Å². The van der Waals surface area contributed by atoms with Crippen molar-refractivity contribution < 1.29 is 4.42 Å². The molecule has 5 rings (SSSR count). The summed E-state index contributed by atoms with van der Waals surface area (Å²) in [5.41, 5.74) is 4.47. The van der Waals surface area contributed by atoms with Crippen molar-refractivity contribution in [3.63, 3.8) is 0 Å². The van der Waals surface area contributed by atoms with Crippen molar-refractivity contribution in [3.05, 3.63) is 59.7 Å². The van der Waals surface area contributed by atoms with Crippen LogP contribution in [0.3, 0.4) is 0 Å². The van der Waals surface area contributed by atoms with E-state index in [2.05, 4.69) is 41.9 Å². The molecule has 1 saturated carbocycles. The predicted octanol–water partition coefficient (Wildman–Crippen LogP) is 4.80. The topological polar surface area (TPSA) is 18.1 Å². The summed E-state index contributed by atoms with van der Waals surface area (Å²) in [5.74, 6) is 3.09. The number of hydrogen-bond acceptors (Lipinski definition) is 1. The molecule has 0 radical (unpaired) electrons. The highest BCUT2D eigenvalue weighted by Gasteiger charge is 2.44. The van der Waals surface area contributed by atoms with Gasteiger partial charge in [-0.25, -0.2) is 0 Å². The molecule has 2 bridgehead atoms. The zero-order valence-corrected chi connectivity index (χ0v) is 12.3. The number of rotatable bonds is 1. The van der Waals surface area contributed by atoms with Gasteiger partial charge in [0.25, 0.3) is 0 Å². The van der Waals surface area contributed by atoms with Gasteiger partial charge in [0, 0.05) is 29.6 Å². The molecule has 0 amide bonds. The number of para-hydroxylation sites is 1. The van der Waals surface area contributed by atoms with E-state index in [1.165, 1.54) is 30.2 Å². The van der Waals surface area contributed by atoms with Crippen molar-refractivity contribution in [2.45, 2.75) is 31.1 Å². The highest BCUT2D eigenvalue weighted by Crippen LogP contribution is 2.56. The minimum atomic E-state index is 0.444. The van der Waals surface area contributed by atoms with Crippen LogP contribution in [0.5, 0.6) is 0 Å². The molecule has 1 aromatic carbocycles. The van der Waals surface area contributed by atoms with E-state index in [9.17, 15) is 0 Å². The molecule has 1 fully saturated rings. The third kappa shape index (κ3) is 1.43. The van der Waals surface area contributed by atoms with Gasteiger partial charge in [-0.15, -0.1) is 0 Å². The summed E-state index contributed by atoms with van der Waals surface area (Å²) in [6.45, 7) is 0. The fraction of sp³-hybridized carbons (Fsp3) is 0.368. The molecule has 0 saturated heterocycles. The summed E-state index contributed by atoms with van der Waals surface area (Å²) in [4.78, 5) is 0. The summed E-state index contributed by atoms with van der Waals surface area (Å²) in [5, 5.41) is 1.42. The minimum absolute atomic E-state index is 0.444. The molecule has 2 heteroatoms. The molecule has 2 aliphatic rings. The monoisotopic (exact) mass is 277 g/mol. The molecule has 0 spiro atoms. The van der Waals surface area contributed by atoms with Crippen LogP contribution in [0, 0.1) is 5.92 Å². The van der Waals surface area contributed by atoms with Crippen molar-refractivity contribution in [3.8, 4) is 0 Å². The Morgan fingerprint density at radius 3 is 2.86 bits per heavy atom. The van der Waals surface area contributed by atoms with Gasteiger partial charge in [0.15, 0.2) is 0 Å². The highest BCUT2D eigenvalue weighted by atomic mass is 16.3. The lowest BCUT2D eigenvalue weighted by molar-refractivity contribution is 0.381. The average molecular weight is 277 g/mol. The predicted molar refractivity (Wildman–Crippen MR) is 83.6 cm³/mol. The summed E-state index contributed by atoms with van der Waals surface area (Å²) < 4.78 is 8.27. The Morgan fingerprint density at radius 1 is 1.10 bits per heavy atom. The standard InChI is InChI=1S/C19H19NO/c1-20-15-6-3-2-5-14(15)18-17(16-7-4-10-21-16)12-8-9-13(11-12)19(18)20/h2-7,10,12-13,17H,8-9,11H2,1H3. The fourth-order valence-corrected chi connectivity index (χ4v) is 4.91. The van der Waals surface area contributed by atoms with E-state index in [1.54, 1.807) is 11.3 Å². The number of hydrogen-bond donors (Lipinski definition) is 0. The van der Waals surface area contributed by atoms with Gasteiger partial charge in [-0.05, 0) is 54.9 Å². The number of aryl methyl sites for hydroxylation is 1. The zero-order valence-electron chi connectivity index (χ0n) is 12.3. The number of aromatic nitrogens is 1. The second-order valence-corrected chi connectivity index (χ2v) is 6.64. The van der Waals surface area contributed by atoms with Crippen molar-refractivity contribution >= 4 is 10.9 Å². The third-order valence-corrected chi connectivity index (χ3v) is 5.68. The van der Waals surface area contributed by atoms with Crippen LogP contribution < -0.4 is 0 Å². The van der Waals surface area contributed by atoms with E-state index in [1.807, 2.05) is 12.3 Å². The maximum Gasteiger partial charge on any atom is 0.111 e. The van der Waals surface area contributed by atoms with Gasteiger partial charge < -0.3 is 8.98 Å². The molecule has 0 N–H and O–H groups in total. The maximum absolute atomic E-state index is 5.83. The van der Waals surface area contributed by atoms with E-state index in [-0.39, 0.29) is 0 Å². The van der Waals surface area contributed by atoms with Crippen LogP contribution >= 0.6 is 0 Å². The van der Waals surface area contributed by atoms with Crippen molar-refractivity contribution in [1.82, 2.24) is 4.57 Å². The lowest BCUT2D eigenvalue weighted by Crippen LogP contribution is -2.18. The Morgan fingerprint density at radius 2 is 2.00 bits per heavy atom. The lowest BCUT2D eigenvalue weighted by atomic mass is 9.76. The average Bonchev–Trinajstić information content (AvgIpc) is 3.22. The van der Waals surface area contributed by atoms with Gasteiger partial charge in [-0.1, -0.05) is 18.2 Å². The summed E-state index contributed by atoms with van der Waals surface area (Å²) in [6.07, 6.45) is 5.81. The molecule has 2 nitrogen and oxygen atoms in total. The smallest absolute Gasteiger partial charge is 0.111 e. The summed E-state index contributed by atoms with van der Waals surface area (Å²) >= 11 is 0. The number of benzene rings is 1. The molecule has 2 aliphatic carbocycles. The number of fused-ring (bicyclic) bond motifs is 6. The van der Waals surface area contributed by atoms with Crippen LogP contribution in [-0.4, -0.2) is 4.57 Å². The summed E-state index contributed by atoms with van der Waals surface area (Å²) in [7, 11) is 2.24. The van der Waals surface area contributed by atoms with Crippen LogP contribution in [0.2, 0.25) is 0 Å². The molecule has 3 unspecified atom stereocenters. The van der Waals surface area contributed by atoms with Crippen LogP contribution in [0.1, 0.15) is 48.1 Å². The molecular weight excluding hydrogens is 258 g/mol. The van der Waals surface area contributed by atoms with Crippen LogP contribution in [0.25, 0.3) is 10.9 Å². The largest absolute Gasteiger partial charge is 0.469 e. The van der Waals surface area contributed by atoms with Crippen molar-refractivity contribution in [2.24, 2.45) is 13.0 Å². The molecule has 21 heavy (non-hydrogen) atoms. The molecule has 2 aromatic heterocycles. The van der Waals surface area contributed by atoms with Crippen LogP contribution in [-0.2, 0) is 7.05 Å². The molecule has 2 heterocycles. The Labute approximate surface area is 124 Å². The number of furan rings is 1. The lowest BCUT2D eigenvalue weighted by Gasteiger charge is -2.29. The van der Waals surface area contributed by atoms with E-state index in [4.69, 9.17) is 4.42 Å². The first kappa shape index (κ1) is 11.7. The molecule has 3 atom stereocenters. The van der Waals surface area contributed by atoms with E-state index in [0.717, 1.165) is 17.6 Å². The SMILES string of the molecule is Cn1c2c(c3ccccc31)C(c1ccco1)C1CCC2C1. The Kier molecular flexibility index (Phi) is 2.24. The van der Waals surface area contributed by atoms with Gasteiger partial charge in [0.2, 0.25) is 0 Å². The van der Waals surface area contributed by atoms with Gasteiger partial charge >= 0.3 is 0 Å². The van der Waals surface area contributed by atoms with Gasteiger partial charge in [-0.2, -0.15) is 0 Å². The first-order valence-corrected chi connectivity index (χ1v) is 7.95. The molecule has 3 aromatic rings. The normalized spacial score (nSPS) is 27.2. The Balaban J connectivity index is 1.87. The Hall–Kier alpha value is -1.96. The maximum atomic E-state index is 5.83. The van der Waals surface area contributed by atoms with E-state index < -0.39 is 0 Å². The third-order valence-electron chi connectivity index (χ3n) is 5.68. The van der Waals surface area contributed by atoms with E-state index in [0.29, 0.717) is 5.92 Å². The minimum Gasteiger partial charge on any atom is -0.469 e. The van der Waals surface area contributed by atoms with E-state index >= 15 is 0 Å². The van der Waals surface area contributed by atoms with Crippen molar-refractivity contribution in [2.75, 3.05) is 0 Å². The summed E-state index contributed by atoms with van der Waals surface area (Å²) in [6, 6.07) is 13.0. The van der Waals surface area contributed by atoms with Crippen LogP contribution in [0.4, 0.5) is 0 Å². The zero-order chi connectivity index (χ0) is 14.0.